The molecule has 0 amide bonds. The maximum atomic E-state index is 5.51. The topological polar surface area (TPSA) is 69.9 Å². The molecule has 0 saturated carbocycles. The Morgan fingerprint density at radius 1 is 0.900 bits per heavy atom. The first kappa shape index (κ1) is 20.1. The van der Waals surface area contributed by atoms with Crippen LogP contribution in [0.5, 0.6) is 17.2 Å². The lowest BCUT2D eigenvalue weighted by molar-refractivity contribution is 0.324. The highest BCUT2D eigenvalue weighted by Crippen LogP contribution is 2.41. The second-order valence-corrected chi connectivity index (χ2v) is 7.55. The molecule has 30 heavy (non-hydrogen) atoms. The van der Waals surface area contributed by atoms with Gasteiger partial charge in [0.1, 0.15) is 0 Å². The number of nitrogens with zero attached hydrogens (tertiary/aromatic N) is 3. The van der Waals surface area contributed by atoms with Crippen molar-refractivity contribution in [3.05, 3.63) is 36.4 Å². The molecule has 0 unspecified atom stereocenters. The Morgan fingerprint density at radius 2 is 1.53 bits per heavy atom. The summed E-state index contributed by atoms with van der Waals surface area (Å²) >= 11 is 0. The predicted octanol–water partition coefficient (Wildman–Crippen LogP) is 4.67. The molecule has 0 spiro atoms. The molecule has 0 radical (unpaired) electrons. The molecule has 4 rings (SSSR count). The van der Waals surface area contributed by atoms with E-state index >= 15 is 0 Å². The number of ether oxygens (including phenoxy) is 3. The van der Waals surface area contributed by atoms with E-state index in [-0.39, 0.29) is 0 Å². The van der Waals surface area contributed by atoms with E-state index in [1.807, 2.05) is 12.1 Å². The molecule has 1 saturated heterocycles. The first-order valence-corrected chi connectivity index (χ1v) is 10.1. The molecule has 2 aromatic carbocycles. The van der Waals surface area contributed by atoms with Crippen molar-refractivity contribution in [2.24, 2.45) is 5.92 Å². The molecule has 0 bridgehead atoms. The number of piperidine rings is 1. The summed E-state index contributed by atoms with van der Waals surface area (Å²) in [5, 5.41) is 4.16. The van der Waals surface area contributed by atoms with Gasteiger partial charge < -0.3 is 23.6 Å². The van der Waals surface area contributed by atoms with Gasteiger partial charge in [0.25, 0.3) is 5.89 Å². The number of hydrogen-bond donors (Lipinski definition) is 0. The van der Waals surface area contributed by atoms with Crippen LogP contribution in [0.1, 0.15) is 19.8 Å². The zero-order valence-corrected chi connectivity index (χ0v) is 17.8. The Bertz CT molecular complexity index is 967. The van der Waals surface area contributed by atoms with Crippen LogP contribution in [-0.4, -0.2) is 44.6 Å². The van der Waals surface area contributed by atoms with Gasteiger partial charge in [-0.3, -0.25) is 0 Å². The van der Waals surface area contributed by atoms with E-state index in [0.717, 1.165) is 24.6 Å². The van der Waals surface area contributed by atoms with Gasteiger partial charge in [-0.05, 0) is 55.2 Å². The Hall–Kier alpha value is -3.22. The number of hydrogen-bond acceptors (Lipinski definition) is 7. The van der Waals surface area contributed by atoms with E-state index in [4.69, 9.17) is 18.7 Å². The van der Waals surface area contributed by atoms with Crippen LogP contribution in [0.4, 0.5) is 5.69 Å². The maximum Gasteiger partial charge on any atom is 0.258 e. The summed E-state index contributed by atoms with van der Waals surface area (Å²) in [5.74, 6) is 3.33. The van der Waals surface area contributed by atoms with Gasteiger partial charge in [0.15, 0.2) is 11.5 Å². The van der Waals surface area contributed by atoms with Gasteiger partial charge >= 0.3 is 0 Å². The Kier molecular flexibility index (Phi) is 5.79. The van der Waals surface area contributed by atoms with Crippen molar-refractivity contribution in [1.82, 2.24) is 10.1 Å². The Morgan fingerprint density at radius 3 is 2.10 bits per heavy atom. The summed E-state index contributed by atoms with van der Waals surface area (Å²) in [4.78, 5) is 7.00. The van der Waals surface area contributed by atoms with E-state index in [1.165, 1.54) is 18.5 Å². The van der Waals surface area contributed by atoms with Crippen molar-refractivity contribution >= 4 is 5.69 Å². The number of anilines is 1. The fourth-order valence-corrected chi connectivity index (χ4v) is 3.75. The van der Waals surface area contributed by atoms with Crippen LogP contribution >= 0.6 is 0 Å². The van der Waals surface area contributed by atoms with Gasteiger partial charge in [-0.2, -0.15) is 4.98 Å². The highest BCUT2D eigenvalue weighted by molar-refractivity contribution is 5.68. The summed E-state index contributed by atoms with van der Waals surface area (Å²) in [6, 6.07) is 11.9. The molecule has 0 N–H and O–H groups in total. The van der Waals surface area contributed by atoms with Crippen molar-refractivity contribution in [1.29, 1.82) is 0 Å². The first-order valence-electron chi connectivity index (χ1n) is 10.1. The highest BCUT2D eigenvalue weighted by Gasteiger charge is 2.19. The lowest BCUT2D eigenvalue weighted by Gasteiger charge is -2.32. The van der Waals surface area contributed by atoms with Crippen LogP contribution in [0, 0.1) is 5.92 Å². The van der Waals surface area contributed by atoms with Crippen molar-refractivity contribution in [3.63, 3.8) is 0 Å². The van der Waals surface area contributed by atoms with Crippen LogP contribution in [-0.2, 0) is 0 Å². The Labute approximate surface area is 176 Å². The summed E-state index contributed by atoms with van der Waals surface area (Å²) in [7, 11) is 4.72. The molecule has 1 aromatic heterocycles. The minimum Gasteiger partial charge on any atom is -0.493 e. The fraction of sp³-hybridized carbons (Fsp3) is 0.391. The fourth-order valence-electron chi connectivity index (χ4n) is 3.75. The van der Waals surface area contributed by atoms with Gasteiger partial charge in [0.05, 0.1) is 21.3 Å². The largest absolute Gasteiger partial charge is 0.493 e. The molecular formula is C23H27N3O4. The van der Waals surface area contributed by atoms with Crippen LogP contribution < -0.4 is 19.1 Å². The molecule has 158 valence electrons. The van der Waals surface area contributed by atoms with Crippen molar-refractivity contribution < 1.29 is 18.7 Å². The molecule has 3 aromatic rings. The van der Waals surface area contributed by atoms with E-state index < -0.39 is 0 Å². The third kappa shape index (κ3) is 3.92. The molecule has 1 fully saturated rings. The molecule has 2 heterocycles. The SMILES string of the molecule is COc1cc(-c2nc(-c3ccc(N4CCC(C)CC4)cc3)no2)cc(OC)c1OC. The summed E-state index contributed by atoms with van der Waals surface area (Å²) in [5.41, 5.74) is 2.84. The monoisotopic (exact) mass is 409 g/mol. The molecule has 0 aliphatic carbocycles. The Balaban J connectivity index is 1.57. The molecule has 1 aliphatic heterocycles. The van der Waals surface area contributed by atoms with Crippen LogP contribution in [0.2, 0.25) is 0 Å². The van der Waals surface area contributed by atoms with E-state index in [1.54, 1.807) is 33.5 Å². The number of rotatable bonds is 6. The van der Waals surface area contributed by atoms with Gasteiger partial charge in [-0.1, -0.05) is 12.1 Å². The predicted molar refractivity (Wildman–Crippen MR) is 115 cm³/mol. The average Bonchev–Trinajstić information content (AvgIpc) is 3.29. The summed E-state index contributed by atoms with van der Waals surface area (Å²) in [6.45, 7) is 4.53. The molecule has 1 aliphatic rings. The summed E-state index contributed by atoms with van der Waals surface area (Å²) < 4.78 is 21.7. The van der Waals surface area contributed by atoms with Crippen LogP contribution in [0.15, 0.2) is 40.9 Å². The number of benzene rings is 2. The maximum absolute atomic E-state index is 5.51. The minimum atomic E-state index is 0.387. The highest BCUT2D eigenvalue weighted by atomic mass is 16.5. The van der Waals surface area contributed by atoms with Crippen molar-refractivity contribution in [2.45, 2.75) is 19.8 Å². The standard InChI is InChI=1S/C23H27N3O4/c1-15-9-11-26(12-10-15)18-7-5-16(6-8-18)22-24-23(30-25-22)17-13-19(27-2)21(29-4)20(14-17)28-3/h5-8,13-15H,9-12H2,1-4H3. The lowest BCUT2D eigenvalue weighted by Crippen LogP contribution is -2.32. The van der Waals surface area contributed by atoms with Gasteiger partial charge in [0, 0.05) is 29.9 Å². The van der Waals surface area contributed by atoms with Gasteiger partial charge in [0.2, 0.25) is 11.6 Å². The third-order valence-corrected chi connectivity index (χ3v) is 5.61. The third-order valence-electron chi connectivity index (χ3n) is 5.61. The van der Waals surface area contributed by atoms with Crippen LogP contribution in [0.3, 0.4) is 0 Å². The number of aromatic nitrogens is 2. The molecule has 7 heteroatoms. The second kappa shape index (κ2) is 8.65. The van der Waals surface area contributed by atoms with Gasteiger partial charge in [-0.25, -0.2) is 0 Å². The smallest absolute Gasteiger partial charge is 0.258 e. The normalized spacial score (nSPS) is 14.6. The molecule has 0 atom stereocenters. The van der Waals surface area contributed by atoms with Crippen molar-refractivity contribution in [2.75, 3.05) is 39.3 Å². The van der Waals surface area contributed by atoms with Crippen molar-refractivity contribution in [3.8, 4) is 40.1 Å². The zero-order valence-electron chi connectivity index (χ0n) is 17.8. The van der Waals surface area contributed by atoms with Crippen LogP contribution in [0.25, 0.3) is 22.8 Å². The van der Waals surface area contributed by atoms with Gasteiger partial charge in [-0.15, -0.1) is 0 Å². The quantitative estimate of drug-likeness (QED) is 0.586. The minimum absolute atomic E-state index is 0.387. The molecular weight excluding hydrogens is 382 g/mol. The number of methoxy groups -OCH3 is 3. The summed E-state index contributed by atoms with van der Waals surface area (Å²) in [6.07, 6.45) is 2.48. The zero-order chi connectivity index (χ0) is 21.1. The second-order valence-electron chi connectivity index (χ2n) is 7.55. The lowest BCUT2D eigenvalue weighted by atomic mass is 9.98. The first-order chi connectivity index (χ1) is 14.6. The van der Waals surface area contributed by atoms with E-state index in [9.17, 15) is 0 Å². The molecule has 7 nitrogen and oxygen atoms in total. The van der Waals surface area contributed by atoms with E-state index in [0.29, 0.717) is 34.5 Å². The van der Waals surface area contributed by atoms with E-state index in [2.05, 4.69) is 34.1 Å². The average molecular weight is 409 g/mol.